The molecule has 0 aromatic heterocycles. The molecule has 0 rings (SSSR count). The molecule has 0 saturated heterocycles. The molecule has 0 aliphatic heterocycles. The Labute approximate surface area is 441 Å². The first kappa shape index (κ1) is 71.1. The van der Waals surface area contributed by atoms with Crippen LogP contribution in [0.3, 0.4) is 0 Å². The van der Waals surface area contributed by atoms with E-state index in [1.165, 1.54) is 89.9 Å². The van der Waals surface area contributed by atoms with Gasteiger partial charge in [-0.25, -0.2) is 9.13 Å². The normalized spacial score (nSPS) is 14.5. The van der Waals surface area contributed by atoms with Crippen molar-refractivity contribution in [3.8, 4) is 0 Å². The maximum absolute atomic E-state index is 12.9. The van der Waals surface area contributed by atoms with Crippen molar-refractivity contribution in [2.24, 2.45) is 0 Å². The van der Waals surface area contributed by atoms with Gasteiger partial charge in [0, 0.05) is 25.7 Å². The van der Waals surface area contributed by atoms with Crippen LogP contribution >= 0.6 is 15.6 Å². The van der Waals surface area contributed by atoms with Gasteiger partial charge in [-0.05, 0) is 25.7 Å². The third kappa shape index (κ3) is 49.4. The number of ether oxygens (including phenoxy) is 4. The van der Waals surface area contributed by atoms with Crippen LogP contribution in [-0.2, 0) is 65.4 Å². The molecular formula is C54H104O17P2. The van der Waals surface area contributed by atoms with Gasteiger partial charge in [0.15, 0.2) is 12.2 Å². The molecule has 2 unspecified atom stereocenters. The average Bonchev–Trinajstić information content (AvgIpc) is 3.36. The molecule has 0 heterocycles. The van der Waals surface area contributed by atoms with Gasteiger partial charge in [-0.15, -0.1) is 0 Å². The van der Waals surface area contributed by atoms with Crippen LogP contribution in [0.25, 0.3) is 0 Å². The molecule has 0 aromatic rings. The molecule has 3 N–H and O–H groups in total. The Kier molecular flexibility index (Phi) is 48.3. The van der Waals surface area contributed by atoms with Crippen LogP contribution in [0, 0.1) is 0 Å². The first-order chi connectivity index (χ1) is 35.2. The van der Waals surface area contributed by atoms with Gasteiger partial charge in [0.05, 0.1) is 26.4 Å². The number of rotatable bonds is 55. The molecule has 432 valence electrons. The van der Waals surface area contributed by atoms with Crippen molar-refractivity contribution in [1.82, 2.24) is 0 Å². The second-order valence-corrected chi connectivity index (χ2v) is 22.5. The van der Waals surface area contributed by atoms with E-state index in [4.69, 9.17) is 37.0 Å². The molecule has 5 atom stereocenters. The second-order valence-electron chi connectivity index (χ2n) is 19.6. The van der Waals surface area contributed by atoms with Gasteiger partial charge in [-0.2, -0.15) is 0 Å². The maximum atomic E-state index is 12.9. The van der Waals surface area contributed by atoms with Crippen LogP contribution < -0.4 is 0 Å². The molecule has 0 saturated carbocycles. The molecule has 0 aromatic carbocycles. The Morgan fingerprint density at radius 3 is 0.808 bits per heavy atom. The summed E-state index contributed by atoms with van der Waals surface area (Å²) in [4.78, 5) is 71.2. The lowest BCUT2D eigenvalue weighted by Gasteiger charge is -2.21. The first-order valence-electron chi connectivity index (χ1n) is 28.8. The van der Waals surface area contributed by atoms with Crippen molar-refractivity contribution >= 4 is 39.5 Å². The Bertz CT molecular complexity index is 1440. The number of aliphatic hydroxyl groups is 1. The van der Waals surface area contributed by atoms with E-state index in [1.54, 1.807) is 0 Å². The lowest BCUT2D eigenvalue weighted by molar-refractivity contribution is -0.161. The van der Waals surface area contributed by atoms with E-state index in [0.29, 0.717) is 25.7 Å². The highest BCUT2D eigenvalue weighted by Gasteiger charge is 2.30. The van der Waals surface area contributed by atoms with Crippen LogP contribution in [-0.4, -0.2) is 96.7 Å². The third-order valence-corrected chi connectivity index (χ3v) is 14.3. The Morgan fingerprint density at radius 2 is 0.548 bits per heavy atom. The van der Waals surface area contributed by atoms with Crippen molar-refractivity contribution < 1.29 is 80.2 Å². The minimum atomic E-state index is -4.93. The molecule has 0 aliphatic rings. The predicted octanol–water partition coefficient (Wildman–Crippen LogP) is 14.0. The zero-order chi connectivity index (χ0) is 54.1. The van der Waals surface area contributed by atoms with Crippen molar-refractivity contribution in [2.75, 3.05) is 39.6 Å². The summed E-state index contributed by atoms with van der Waals surface area (Å²) in [6.07, 6.45) is 31.4. The van der Waals surface area contributed by atoms with Gasteiger partial charge in [-0.3, -0.25) is 37.3 Å². The van der Waals surface area contributed by atoms with Gasteiger partial charge in [0.25, 0.3) is 0 Å². The van der Waals surface area contributed by atoms with E-state index in [2.05, 4.69) is 27.7 Å². The standard InChI is InChI=1S/C54H104O17P2/c1-5-9-13-17-19-21-23-24-25-27-29-33-37-41-54(59)71-50(45-65-52(57)39-35-32-28-26-22-20-18-14-10-6-2)47-69-73(62,63)67-43-48(55)42-66-72(60,61)68-46-49(70-53(58)40-36-31-16-12-8-4)44-64-51(56)38-34-30-15-11-7-3/h48-50,55H,5-47H2,1-4H3,(H,60,61)(H,62,63)/t48-,49+,50+/m0/s1. The summed E-state index contributed by atoms with van der Waals surface area (Å²) in [6.45, 7) is 4.63. The highest BCUT2D eigenvalue weighted by atomic mass is 31.2. The molecule has 0 radical (unpaired) electrons. The molecule has 73 heavy (non-hydrogen) atoms. The fourth-order valence-electron chi connectivity index (χ4n) is 7.87. The number of esters is 4. The van der Waals surface area contributed by atoms with E-state index in [0.717, 1.165) is 96.3 Å². The largest absolute Gasteiger partial charge is 0.472 e. The molecule has 0 spiro atoms. The SMILES string of the molecule is CCCCCCCCCCCCCCCC(=O)O[C@H](COC(=O)CCCCCCCCCCCC)COP(=O)(O)OC[C@@H](O)COP(=O)(O)OC[C@@H](COC(=O)CCCCCCC)OC(=O)CCCCCCC. The number of carbonyl (C=O) groups excluding carboxylic acids is 4. The number of hydrogen-bond acceptors (Lipinski definition) is 15. The first-order valence-corrected chi connectivity index (χ1v) is 31.8. The van der Waals surface area contributed by atoms with E-state index in [-0.39, 0.29) is 25.7 Å². The summed E-state index contributed by atoms with van der Waals surface area (Å²) in [5, 5.41) is 10.4. The number of unbranched alkanes of at least 4 members (excludes halogenated alkanes) is 29. The van der Waals surface area contributed by atoms with Gasteiger partial charge < -0.3 is 33.8 Å². The zero-order valence-corrected chi connectivity index (χ0v) is 47.9. The van der Waals surface area contributed by atoms with Crippen LogP contribution in [0.1, 0.15) is 265 Å². The lowest BCUT2D eigenvalue weighted by Crippen LogP contribution is -2.30. The Hall–Kier alpha value is -1.94. The van der Waals surface area contributed by atoms with E-state index in [9.17, 15) is 43.2 Å². The summed E-state index contributed by atoms with van der Waals surface area (Å²) >= 11 is 0. The van der Waals surface area contributed by atoms with Crippen LogP contribution in [0.4, 0.5) is 0 Å². The van der Waals surface area contributed by atoms with Gasteiger partial charge in [-0.1, -0.05) is 214 Å². The van der Waals surface area contributed by atoms with Crippen molar-refractivity contribution in [3.05, 3.63) is 0 Å². The van der Waals surface area contributed by atoms with E-state index < -0.39 is 97.5 Å². The summed E-state index contributed by atoms with van der Waals surface area (Å²) < 4.78 is 67.1. The fourth-order valence-corrected chi connectivity index (χ4v) is 9.44. The topological polar surface area (TPSA) is 237 Å². The average molecular weight is 1090 g/mol. The quantitative estimate of drug-likeness (QED) is 0.0222. The molecule has 0 aliphatic carbocycles. The van der Waals surface area contributed by atoms with E-state index in [1.807, 2.05) is 0 Å². The van der Waals surface area contributed by atoms with Gasteiger partial charge in [0.2, 0.25) is 0 Å². The number of phosphoric ester groups is 2. The maximum Gasteiger partial charge on any atom is 0.472 e. The number of aliphatic hydroxyl groups excluding tert-OH is 1. The number of phosphoric acid groups is 2. The third-order valence-electron chi connectivity index (χ3n) is 12.4. The smallest absolute Gasteiger partial charge is 0.462 e. The minimum absolute atomic E-state index is 0.0990. The second kappa shape index (κ2) is 49.6. The van der Waals surface area contributed by atoms with Crippen LogP contribution in [0.15, 0.2) is 0 Å². The molecular weight excluding hydrogens is 983 g/mol. The van der Waals surface area contributed by atoms with E-state index >= 15 is 0 Å². The highest BCUT2D eigenvalue weighted by molar-refractivity contribution is 7.47. The highest BCUT2D eigenvalue weighted by Crippen LogP contribution is 2.45. The molecule has 0 fully saturated rings. The Morgan fingerprint density at radius 1 is 0.329 bits per heavy atom. The van der Waals surface area contributed by atoms with Gasteiger partial charge in [0.1, 0.15) is 19.3 Å². The number of hydrogen-bond donors (Lipinski definition) is 3. The Balaban J connectivity index is 5.13. The summed E-state index contributed by atoms with van der Waals surface area (Å²) in [7, 11) is -9.84. The van der Waals surface area contributed by atoms with Gasteiger partial charge >= 0.3 is 39.5 Å². The van der Waals surface area contributed by atoms with Crippen LogP contribution in [0.2, 0.25) is 0 Å². The van der Waals surface area contributed by atoms with Crippen molar-refractivity contribution in [3.63, 3.8) is 0 Å². The fraction of sp³-hybridized carbons (Fsp3) is 0.926. The monoisotopic (exact) mass is 1090 g/mol. The predicted molar refractivity (Wildman–Crippen MR) is 285 cm³/mol. The van der Waals surface area contributed by atoms with Crippen LogP contribution in [0.5, 0.6) is 0 Å². The molecule has 0 amide bonds. The van der Waals surface area contributed by atoms with Crippen molar-refractivity contribution in [1.29, 1.82) is 0 Å². The zero-order valence-electron chi connectivity index (χ0n) is 46.1. The number of carbonyl (C=O) groups is 4. The summed E-state index contributed by atoms with van der Waals surface area (Å²) in [6, 6.07) is 0. The molecule has 0 bridgehead atoms. The molecule has 19 heteroatoms. The lowest BCUT2D eigenvalue weighted by atomic mass is 10.0. The summed E-state index contributed by atoms with van der Waals surface area (Å²) in [5.74, 6) is -2.17. The minimum Gasteiger partial charge on any atom is -0.462 e. The summed E-state index contributed by atoms with van der Waals surface area (Å²) in [5.41, 5.74) is 0. The molecule has 17 nitrogen and oxygen atoms in total. The van der Waals surface area contributed by atoms with Crippen molar-refractivity contribution in [2.45, 2.75) is 284 Å².